The van der Waals surface area contributed by atoms with Crippen molar-refractivity contribution in [3.8, 4) is 6.07 Å². The standard InChI is InChI=1S/C18H17NO2/c19-13-16(12-18(20)21)17(15-9-5-2-6-10-15)11-14-7-3-1-4-8-14/h1-10,16-17H,11-12H2,(H,20,21)/p-1/t16-,17+/m0/s1. The molecule has 0 saturated carbocycles. The molecule has 21 heavy (non-hydrogen) atoms. The molecule has 0 aliphatic rings. The van der Waals surface area contributed by atoms with Gasteiger partial charge in [-0.2, -0.15) is 5.26 Å². The number of hydrogen-bond donors (Lipinski definition) is 0. The molecule has 0 amide bonds. The van der Waals surface area contributed by atoms with E-state index in [1.54, 1.807) is 0 Å². The first-order valence-electron chi connectivity index (χ1n) is 6.89. The van der Waals surface area contributed by atoms with Gasteiger partial charge in [-0.1, -0.05) is 60.7 Å². The first-order chi connectivity index (χ1) is 10.2. The molecule has 0 heterocycles. The first kappa shape index (κ1) is 14.8. The third kappa shape index (κ3) is 4.19. The minimum absolute atomic E-state index is 0.156. The van der Waals surface area contributed by atoms with E-state index in [2.05, 4.69) is 6.07 Å². The van der Waals surface area contributed by atoms with Gasteiger partial charge < -0.3 is 9.90 Å². The number of hydrogen-bond acceptors (Lipinski definition) is 3. The van der Waals surface area contributed by atoms with Gasteiger partial charge in [0.2, 0.25) is 0 Å². The van der Waals surface area contributed by atoms with E-state index in [4.69, 9.17) is 0 Å². The van der Waals surface area contributed by atoms with Gasteiger partial charge in [0.25, 0.3) is 0 Å². The molecule has 0 aliphatic carbocycles. The number of carbonyl (C=O) groups excluding carboxylic acids is 1. The number of aliphatic carboxylic acids is 1. The molecule has 2 aromatic rings. The molecule has 0 radical (unpaired) electrons. The maximum atomic E-state index is 10.9. The van der Waals surface area contributed by atoms with Gasteiger partial charge in [-0.15, -0.1) is 0 Å². The number of nitriles is 1. The lowest BCUT2D eigenvalue weighted by Crippen LogP contribution is -2.27. The molecule has 106 valence electrons. The van der Waals surface area contributed by atoms with Gasteiger partial charge in [0.15, 0.2) is 0 Å². The van der Waals surface area contributed by atoms with E-state index < -0.39 is 11.9 Å². The van der Waals surface area contributed by atoms with Crippen molar-refractivity contribution >= 4 is 5.97 Å². The highest BCUT2D eigenvalue weighted by Gasteiger charge is 2.23. The second kappa shape index (κ2) is 7.25. The van der Waals surface area contributed by atoms with Crippen LogP contribution >= 0.6 is 0 Å². The fraction of sp³-hybridized carbons (Fsp3) is 0.222. The Morgan fingerprint density at radius 1 is 1.05 bits per heavy atom. The number of carboxylic acid groups (broad SMARTS) is 1. The maximum absolute atomic E-state index is 10.9. The molecule has 0 fully saturated rings. The van der Waals surface area contributed by atoms with Crippen LogP contribution in [-0.2, 0) is 11.2 Å². The highest BCUT2D eigenvalue weighted by molar-refractivity contribution is 5.65. The predicted octanol–water partition coefficient (Wildman–Crippen LogP) is 2.29. The molecule has 2 aromatic carbocycles. The summed E-state index contributed by atoms with van der Waals surface area (Å²) in [6, 6.07) is 21.5. The fourth-order valence-electron chi connectivity index (χ4n) is 2.52. The number of carboxylic acids is 1. The molecular weight excluding hydrogens is 262 g/mol. The van der Waals surface area contributed by atoms with E-state index >= 15 is 0 Å². The van der Waals surface area contributed by atoms with Crippen molar-refractivity contribution in [2.75, 3.05) is 0 Å². The molecular formula is C18H16NO2-. The quantitative estimate of drug-likeness (QED) is 0.814. The van der Waals surface area contributed by atoms with Crippen molar-refractivity contribution in [3.05, 3.63) is 71.8 Å². The monoisotopic (exact) mass is 278 g/mol. The van der Waals surface area contributed by atoms with Crippen LogP contribution in [0.15, 0.2) is 60.7 Å². The Hall–Kier alpha value is -2.60. The van der Waals surface area contributed by atoms with E-state index in [-0.39, 0.29) is 12.3 Å². The average molecular weight is 278 g/mol. The zero-order chi connectivity index (χ0) is 15.1. The van der Waals surface area contributed by atoms with Crippen LogP contribution < -0.4 is 5.11 Å². The van der Waals surface area contributed by atoms with Crippen LogP contribution in [0.5, 0.6) is 0 Å². The third-order valence-electron chi connectivity index (χ3n) is 3.56. The van der Waals surface area contributed by atoms with Gasteiger partial charge in [-0.25, -0.2) is 0 Å². The SMILES string of the molecule is N#C[C@H](CC(=O)[O-])[C@H](Cc1ccccc1)c1ccccc1. The zero-order valence-corrected chi connectivity index (χ0v) is 11.6. The van der Waals surface area contributed by atoms with Crippen molar-refractivity contribution < 1.29 is 9.90 Å². The molecule has 0 bridgehead atoms. The van der Waals surface area contributed by atoms with Crippen molar-refractivity contribution in [1.29, 1.82) is 5.26 Å². The molecule has 2 atom stereocenters. The van der Waals surface area contributed by atoms with Crippen LogP contribution in [0, 0.1) is 17.2 Å². The molecule has 3 nitrogen and oxygen atoms in total. The molecule has 0 saturated heterocycles. The minimum atomic E-state index is -1.18. The number of carbonyl (C=O) groups is 1. The van der Waals surface area contributed by atoms with Crippen LogP contribution in [0.3, 0.4) is 0 Å². The summed E-state index contributed by atoms with van der Waals surface area (Å²) in [7, 11) is 0. The lowest BCUT2D eigenvalue weighted by atomic mass is 9.80. The minimum Gasteiger partial charge on any atom is -0.550 e. The van der Waals surface area contributed by atoms with Gasteiger partial charge in [-0.3, -0.25) is 0 Å². The van der Waals surface area contributed by atoms with Gasteiger partial charge in [0.1, 0.15) is 0 Å². The van der Waals surface area contributed by atoms with E-state index in [0.29, 0.717) is 6.42 Å². The molecule has 2 rings (SSSR count). The third-order valence-corrected chi connectivity index (χ3v) is 3.56. The maximum Gasteiger partial charge on any atom is 0.0666 e. The summed E-state index contributed by atoms with van der Waals surface area (Å²) in [6.07, 6.45) is 0.388. The normalized spacial score (nSPS) is 13.1. The van der Waals surface area contributed by atoms with Crippen molar-refractivity contribution in [3.63, 3.8) is 0 Å². The van der Waals surface area contributed by atoms with E-state index in [9.17, 15) is 15.2 Å². The Kier molecular flexibility index (Phi) is 5.11. The smallest absolute Gasteiger partial charge is 0.0666 e. The summed E-state index contributed by atoms with van der Waals surface area (Å²) in [5.74, 6) is -1.94. The van der Waals surface area contributed by atoms with Crippen LogP contribution in [0.25, 0.3) is 0 Å². The Bertz CT molecular complexity index is 617. The van der Waals surface area contributed by atoms with E-state index in [1.165, 1.54) is 0 Å². The zero-order valence-electron chi connectivity index (χ0n) is 11.6. The number of nitrogens with zero attached hydrogens (tertiary/aromatic N) is 1. The Morgan fingerprint density at radius 2 is 1.62 bits per heavy atom. The molecule has 0 aromatic heterocycles. The van der Waals surface area contributed by atoms with Gasteiger partial charge in [0.05, 0.1) is 12.0 Å². The summed E-state index contributed by atoms with van der Waals surface area (Å²) < 4.78 is 0. The molecule has 0 unspecified atom stereocenters. The highest BCUT2D eigenvalue weighted by Crippen LogP contribution is 2.30. The van der Waals surface area contributed by atoms with Crippen LogP contribution in [0.2, 0.25) is 0 Å². The summed E-state index contributed by atoms with van der Waals surface area (Å²) in [5.41, 5.74) is 2.07. The molecule has 3 heteroatoms. The van der Waals surface area contributed by atoms with Crippen molar-refractivity contribution in [1.82, 2.24) is 0 Å². The van der Waals surface area contributed by atoms with Crippen LogP contribution in [0.4, 0.5) is 0 Å². The number of benzene rings is 2. The van der Waals surface area contributed by atoms with Gasteiger partial charge in [-0.05, 0) is 17.5 Å². The van der Waals surface area contributed by atoms with E-state index in [1.807, 2.05) is 60.7 Å². The first-order valence-corrected chi connectivity index (χ1v) is 6.89. The largest absolute Gasteiger partial charge is 0.550 e. The lowest BCUT2D eigenvalue weighted by Gasteiger charge is -2.23. The number of rotatable bonds is 6. The topological polar surface area (TPSA) is 63.9 Å². The summed E-state index contributed by atoms with van der Waals surface area (Å²) in [4.78, 5) is 10.9. The van der Waals surface area contributed by atoms with Crippen LogP contribution in [-0.4, -0.2) is 5.97 Å². The van der Waals surface area contributed by atoms with Crippen molar-refractivity contribution in [2.45, 2.75) is 18.8 Å². The summed E-state index contributed by atoms with van der Waals surface area (Å²) in [6.45, 7) is 0. The summed E-state index contributed by atoms with van der Waals surface area (Å²) >= 11 is 0. The van der Waals surface area contributed by atoms with Crippen LogP contribution in [0.1, 0.15) is 23.5 Å². The molecule has 0 N–H and O–H groups in total. The fourth-order valence-corrected chi connectivity index (χ4v) is 2.52. The van der Waals surface area contributed by atoms with E-state index in [0.717, 1.165) is 11.1 Å². The second-order valence-electron chi connectivity index (χ2n) is 5.02. The predicted molar refractivity (Wildman–Crippen MR) is 78.1 cm³/mol. The lowest BCUT2D eigenvalue weighted by molar-refractivity contribution is -0.306. The highest BCUT2D eigenvalue weighted by atomic mass is 16.4. The molecule has 0 aliphatic heterocycles. The Balaban J connectivity index is 2.30. The van der Waals surface area contributed by atoms with Crippen molar-refractivity contribution in [2.24, 2.45) is 5.92 Å². The van der Waals surface area contributed by atoms with Gasteiger partial charge in [0, 0.05) is 18.3 Å². The van der Waals surface area contributed by atoms with Gasteiger partial charge >= 0.3 is 0 Å². The Morgan fingerprint density at radius 3 is 2.14 bits per heavy atom. The Labute approximate surface area is 124 Å². The second-order valence-corrected chi connectivity index (χ2v) is 5.02. The average Bonchev–Trinajstić information content (AvgIpc) is 2.52. The summed E-state index contributed by atoms with van der Waals surface area (Å²) in [5, 5.41) is 20.2. The molecule has 0 spiro atoms.